The van der Waals surface area contributed by atoms with Crippen molar-refractivity contribution in [2.45, 2.75) is 31.2 Å². The zero-order chi connectivity index (χ0) is 13.9. The van der Waals surface area contributed by atoms with Gasteiger partial charge >= 0.3 is 0 Å². The lowest BCUT2D eigenvalue weighted by molar-refractivity contribution is 0.254. The molecule has 7 heteroatoms. The van der Waals surface area contributed by atoms with Crippen molar-refractivity contribution < 1.29 is 13.5 Å². The Morgan fingerprint density at radius 3 is 2.44 bits per heavy atom. The number of hydrogen-bond acceptors (Lipinski definition) is 3. The van der Waals surface area contributed by atoms with E-state index in [2.05, 4.69) is 36.6 Å². The Kier molecular flexibility index (Phi) is 5.79. The van der Waals surface area contributed by atoms with E-state index in [1.165, 1.54) is 0 Å². The molecule has 1 atom stereocenters. The third-order valence-electron chi connectivity index (χ3n) is 2.54. The Morgan fingerprint density at radius 2 is 1.94 bits per heavy atom. The molecule has 0 radical (unpaired) electrons. The summed E-state index contributed by atoms with van der Waals surface area (Å²) >= 11 is 6.58. The van der Waals surface area contributed by atoms with Crippen LogP contribution in [-0.4, -0.2) is 26.2 Å². The molecule has 0 saturated heterocycles. The van der Waals surface area contributed by atoms with E-state index < -0.39 is 16.1 Å². The van der Waals surface area contributed by atoms with E-state index in [1.54, 1.807) is 12.1 Å². The number of halogens is 2. The molecule has 4 nitrogen and oxygen atoms in total. The van der Waals surface area contributed by atoms with Gasteiger partial charge in [0.05, 0.1) is 11.5 Å². The predicted octanol–water partition coefficient (Wildman–Crippen LogP) is 2.57. The number of nitrogens with one attached hydrogen (secondary N) is 1. The summed E-state index contributed by atoms with van der Waals surface area (Å²) in [6, 6.07) is 2.82. The fourth-order valence-electron chi connectivity index (χ4n) is 1.37. The Labute approximate surface area is 124 Å². The molecule has 1 rings (SSSR count). The highest BCUT2D eigenvalue weighted by Crippen LogP contribution is 2.28. The van der Waals surface area contributed by atoms with E-state index in [1.807, 2.05) is 13.8 Å². The fraction of sp³-hybridized carbons (Fsp3) is 0.455. The molecule has 0 unspecified atom stereocenters. The maximum Gasteiger partial charge on any atom is 0.242 e. The van der Waals surface area contributed by atoms with Crippen LogP contribution in [0.2, 0.25) is 0 Å². The van der Waals surface area contributed by atoms with Gasteiger partial charge in [-0.05, 0) is 47.0 Å². The molecule has 0 aliphatic carbocycles. The molecular weight excluding hydrogens is 386 g/mol. The van der Waals surface area contributed by atoms with Gasteiger partial charge in [-0.15, -0.1) is 0 Å². The third-order valence-corrected chi connectivity index (χ3v) is 5.87. The van der Waals surface area contributed by atoms with Crippen LogP contribution in [0, 0.1) is 6.92 Å². The zero-order valence-electron chi connectivity index (χ0n) is 10.1. The molecule has 18 heavy (non-hydrogen) atoms. The molecule has 0 aromatic heterocycles. The summed E-state index contributed by atoms with van der Waals surface area (Å²) in [4.78, 5) is 0.176. The fourth-order valence-corrected chi connectivity index (χ4v) is 4.46. The smallest absolute Gasteiger partial charge is 0.242 e. The first-order valence-corrected chi connectivity index (χ1v) is 8.47. The van der Waals surface area contributed by atoms with Gasteiger partial charge in [0.15, 0.2) is 0 Å². The van der Waals surface area contributed by atoms with E-state index in [0.29, 0.717) is 10.9 Å². The standard InChI is InChI=1S/C11H15Br2NO3S/c1-3-8(6-15)14-18(16,17)11-4-7(2)9(12)5-10(11)13/h4-5,8,14-15H,3,6H2,1-2H3/t8-/m0/s1. The van der Waals surface area contributed by atoms with Gasteiger partial charge in [0.25, 0.3) is 0 Å². The summed E-state index contributed by atoms with van der Waals surface area (Å²) in [6.07, 6.45) is 0.531. The monoisotopic (exact) mass is 399 g/mol. The van der Waals surface area contributed by atoms with Crippen molar-refractivity contribution in [3.05, 3.63) is 26.6 Å². The van der Waals surface area contributed by atoms with E-state index in [-0.39, 0.29) is 11.5 Å². The minimum Gasteiger partial charge on any atom is -0.395 e. The molecule has 1 aromatic carbocycles. The van der Waals surface area contributed by atoms with Crippen LogP contribution in [0.4, 0.5) is 0 Å². The van der Waals surface area contributed by atoms with Crippen LogP contribution >= 0.6 is 31.9 Å². The number of sulfonamides is 1. The first-order valence-electron chi connectivity index (χ1n) is 5.40. The molecule has 0 spiro atoms. The first kappa shape index (κ1) is 16.1. The van der Waals surface area contributed by atoms with E-state index in [0.717, 1.165) is 10.0 Å². The highest BCUT2D eigenvalue weighted by Gasteiger charge is 2.22. The molecule has 0 saturated carbocycles. The average Bonchev–Trinajstić information content (AvgIpc) is 2.30. The number of rotatable bonds is 5. The van der Waals surface area contributed by atoms with Crippen LogP contribution in [-0.2, 0) is 10.0 Å². The lowest BCUT2D eigenvalue weighted by Gasteiger charge is -2.16. The molecule has 1 aromatic rings. The summed E-state index contributed by atoms with van der Waals surface area (Å²) in [5.74, 6) is 0. The van der Waals surface area contributed by atoms with Crippen molar-refractivity contribution in [3.63, 3.8) is 0 Å². The van der Waals surface area contributed by atoms with Crippen LogP contribution in [0.15, 0.2) is 26.0 Å². The molecule has 0 fully saturated rings. The summed E-state index contributed by atoms with van der Waals surface area (Å²) in [6.45, 7) is 3.41. The van der Waals surface area contributed by atoms with Crippen molar-refractivity contribution in [1.82, 2.24) is 4.72 Å². The summed E-state index contributed by atoms with van der Waals surface area (Å²) in [5, 5.41) is 9.06. The third kappa shape index (κ3) is 3.77. The predicted molar refractivity (Wildman–Crippen MR) is 78.1 cm³/mol. The first-order chi connectivity index (χ1) is 8.31. The normalized spacial score (nSPS) is 13.6. The van der Waals surface area contributed by atoms with Gasteiger partial charge < -0.3 is 5.11 Å². The van der Waals surface area contributed by atoms with Crippen LogP contribution in [0.1, 0.15) is 18.9 Å². The molecule has 2 N–H and O–H groups in total. The van der Waals surface area contributed by atoms with E-state index >= 15 is 0 Å². The van der Waals surface area contributed by atoms with Crippen molar-refractivity contribution in [3.8, 4) is 0 Å². The Bertz CT molecular complexity index is 527. The molecule has 0 bridgehead atoms. The van der Waals surface area contributed by atoms with E-state index in [4.69, 9.17) is 5.11 Å². The van der Waals surface area contributed by atoms with Crippen molar-refractivity contribution in [2.75, 3.05) is 6.61 Å². The molecule has 102 valence electrons. The van der Waals surface area contributed by atoms with Crippen molar-refractivity contribution >= 4 is 41.9 Å². The number of aryl methyl sites for hydroxylation is 1. The van der Waals surface area contributed by atoms with Gasteiger partial charge in [0.1, 0.15) is 0 Å². The highest BCUT2D eigenvalue weighted by molar-refractivity contribution is 9.11. The van der Waals surface area contributed by atoms with Gasteiger partial charge in [-0.1, -0.05) is 22.9 Å². The largest absolute Gasteiger partial charge is 0.395 e. The van der Waals surface area contributed by atoms with Crippen LogP contribution in [0.25, 0.3) is 0 Å². The SMILES string of the molecule is CC[C@@H](CO)NS(=O)(=O)c1cc(C)c(Br)cc1Br. The second kappa shape index (κ2) is 6.47. The lowest BCUT2D eigenvalue weighted by Crippen LogP contribution is -2.37. The highest BCUT2D eigenvalue weighted by atomic mass is 79.9. The second-order valence-corrected chi connectivity index (χ2v) is 7.33. The van der Waals surface area contributed by atoms with Gasteiger partial charge in [-0.25, -0.2) is 13.1 Å². The van der Waals surface area contributed by atoms with Crippen LogP contribution < -0.4 is 4.72 Å². The van der Waals surface area contributed by atoms with Crippen LogP contribution in [0.5, 0.6) is 0 Å². The molecular formula is C11H15Br2NO3S. The van der Waals surface area contributed by atoms with Gasteiger partial charge in [-0.2, -0.15) is 0 Å². The minimum atomic E-state index is -3.63. The van der Waals surface area contributed by atoms with Crippen molar-refractivity contribution in [2.24, 2.45) is 0 Å². The lowest BCUT2D eigenvalue weighted by atomic mass is 10.2. The van der Waals surface area contributed by atoms with Crippen LogP contribution in [0.3, 0.4) is 0 Å². The van der Waals surface area contributed by atoms with Crippen molar-refractivity contribution in [1.29, 1.82) is 0 Å². The maximum absolute atomic E-state index is 12.2. The second-order valence-electron chi connectivity index (χ2n) is 3.94. The number of aliphatic hydroxyl groups excluding tert-OH is 1. The summed E-state index contributed by atoms with van der Waals surface area (Å²) in [5.41, 5.74) is 0.829. The van der Waals surface area contributed by atoms with Gasteiger partial charge in [0.2, 0.25) is 10.0 Å². The quantitative estimate of drug-likeness (QED) is 0.798. The van der Waals surface area contributed by atoms with Gasteiger partial charge in [-0.3, -0.25) is 0 Å². The summed E-state index contributed by atoms with van der Waals surface area (Å²) in [7, 11) is -3.63. The van der Waals surface area contributed by atoms with Gasteiger partial charge in [0, 0.05) is 15.0 Å². The minimum absolute atomic E-state index is 0.176. The molecule has 0 aliphatic heterocycles. The molecule has 0 heterocycles. The number of hydrogen-bond donors (Lipinski definition) is 2. The number of benzene rings is 1. The topological polar surface area (TPSA) is 66.4 Å². The zero-order valence-corrected chi connectivity index (χ0v) is 14.1. The summed E-state index contributed by atoms with van der Waals surface area (Å²) < 4.78 is 28.1. The number of aliphatic hydroxyl groups is 1. The molecule has 0 amide bonds. The molecule has 0 aliphatic rings. The Hall–Kier alpha value is 0.0500. The Balaban J connectivity index is 3.16. The maximum atomic E-state index is 12.2. The Morgan fingerprint density at radius 1 is 1.33 bits per heavy atom. The van der Waals surface area contributed by atoms with E-state index in [9.17, 15) is 8.42 Å². The average molecular weight is 401 g/mol.